The molecule has 3 fully saturated rings. The van der Waals surface area contributed by atoms with Crippen molar-refractivity contribution in [1.29, 1.82) is 0 Å². The summed E-state index contributed by atoms with van der Waals surface area (Å²) in [4.78, 5) is 61.4. The fraction of sp³-hybridized carbons (Fsp3) is 0.821. The van der Waals surface area contributed by atoms with Crippen molar-refractivity contribution < 1.29 is 44.0 Å². The Bertz CT molecular complexity index is 1290. The number of rotatable bonds is 19. The van der Waals surface area contributed by atoms with Crippen molar-refractivity contribution in [2.45, 2.75) is 111 Å². The van der Waals surface area contributed by atoms with Crippen LogP contribution in [0.5, 0.6) is 0 Å². The van der Waals surface area contributed by atoms with E-state index in [1.165, 1.54) is 55.4 Å². The Hall–Kier alpha value is -2.99. The number of carboxylic acids is 3. The summed E-state index contributed by atoms with van der Waals surface area (Å²) in [6.45, 7) is 9.80. The van der Waals surface area contributed by atoms with Crippen LogP contribution in [0.1, 0.15) is 105 Å². The summed E-state index contributed by atoms with van der Waals surface area (Å²) in [6, 6.07) is 0. The largest absolute Gasteiger partial charge is 0.480 e. The molecule has 3 saturated carbocycles. The predicted octanol–water partition coefficient (Wildman–Crippen LogP) is 4.91. The number of ether oxygens (including phenoxy) is 1. The maximum atomic E-state index is 12.8. The fourth-order valence-electron chi connectivity index (χ4n) is 10.7. The van der Waals surface area contributed by atoms with Gasteiger partial charge >= 0.3 is 23.9 Å². The SMILES string of the molecule is CC(C)CCC[C@@H](C)C1CC[C@H]2[C@@H]3CC=C4C[C@@H](OC(=O)CNC(=O)CN(CCN(CC(=O)O)CC(=O)O)CC(=O)O)CC[C@]4(C)[C@H]3CC[C@]12C. The van der Waals surface area contributed by atoms with Gasteiger partial charge in [0.1, 0.15) is 12.6 Å². The number of allylic oxidation sites excluding steroid dienone is 1. The van der Waals surface area contributed by atoms with Crippen LogP contribution in [0.15, 0.2) is 11.6 Å². The first kappa shape index (κ1) is 40.8. The molecule has 1 unspecified atom stereocenters. The van der Waals surface area contributed by atoms with Crippen LogP contribution in [-0.4, -0.2) is 107 Å². The zero-order chi connectivity index (χ0) is 37.5. The first-order chi connectivity index (χ1) is 24.0. The van der Waals surface area contributed by atoms with Gasteiger partial charge in [0.05, 0.1) is 26.2 Å². The van der Waals surface area contributed by atoms with E-state index in [0.29, 0.717) is 17.8 Å². The topological polar surface area (TPSA) is 174 Å². The molecule has 0 heterocycles. The Morgan fingerprint density at radius 2 is 1.47 bits per heavy atom. The summed E-state index contributed by atoms with van der Waals surface area (Å²) >= 11 is 0. The maximum Gasteiger partial charge on any atom is 0.325 e. The summed E-state index contributed by atoms with van der Waals surface area (Å²) in [5, 5.41) is 29.9. The van der Waals surface area contributed by atoms with Crippen LogP contribution in [0.4, 0.5) is 0 Å². The van der Waals surface area contributed by atoms with E-state index in [0.717, 1.165) is 53.8 Å². The Morgan fingerprint density at radius 3 is 2.08 bits per heavy atom. The van der Waals surface area contributed by atoms with E-state index >= 15 is 0 Å². The first-order valence-corrected chi connectivity index (χ1v) is 19.3. The highest BCUT2D eigenvalue weighted by Gasteiger charge is 2.59. The smallest absolute Gasteiger partial charge is 0.325 e. The van der Waals surface area contributed by atoms with Crippen LogP contribution in [0, 0.1) is 46.3 Å². The van der Waals surface area contributed by atoms with Gasteiger partial charge in [-0.15, -0.1) is 0 Å². The van der Waals surface area contributed by atoms with Crippen LogP contribution in [0.25, 0.3) is 0 Å². The molecule has 0 aromatic rings. The van der Waals surface area contributed by atoms with Gasteiger partial charge in [0.2, 0.25) is 5.91 Å². The second-order valence-corrected chi connectivity index (χ2v) is 17.0. The number of carboxylic acid groups (broad SMARTS) is 3. The molecule has 4 rings (SSSR count). The van der Waals surface area contributed by atoms with Gasteiger partial charge in [-0.3, -0.25) is 33.8 Å². The standard InChI is InChI=1S/C39H63N3O9/c1-25(2)7-6-8-26(3)30-11-12-31-29-10-9-27-19-28(13-15-38(27,4)32(29)14-16-39(30,31)5)51-37(50)20-40-33(43)21-41(22-34(44)45)17-18-42(23-35(46)47)24-36(48)49/h9,25-26,28-32H,6-8,10-24H2,1-5H3,(H,40,43)(H,44,45)(H,46,47)(H,48,49)/t26-,28+,29+,30?,31+,32+,38+,39-/m1/s1. The summed E-state index contributed by atoms with van der Waals surface area (Å²) in [6.07, 6.45) is 15.1. The summed E-state index contributed by atoms with van der Waals surface area (Å²) in [5.74, 6) is -0.232. The van der Waals surface area contributed by atoms with E-state index < -0.39 is 49.4 Å². The van der Waals surface area contributed by atoms with Crippen molar-refractivity contribution in [3.8, 4) is 0 Å². The van der Waals surface area contributed by atoms with Gasteiger partial charge in [-0.25, -0.2) is 0 Å². The van der Waals surface area contributed by atoms with E-state index in [1.54, 1.807) is 0 Å². The number of carbonyl (C=O) groups excluding carboxylic acids is 2. The van der Waals surface area contributed by atoms with Gasteiger partial charge < -0.3 is 25.4 Å². The molecule has 1 amide bonds. The second-order valence-electron chi connectivity index (χ2n) is 17.0. The van der Waals surface area contributed by atoms with Gasteiger partial charge in [0.25, 0.3) is 0 Å². The van der Waals surface area contributed by atoms with Crippen LogP contribution < -0.4 is 5.32 Å². The number of carbonyl (C=O) groups is 5. The van der Waals surface area contributed by atoms with E-state index in [2.05, 4.69) is 46.0 Å². The van der Waals surface area contributed by atoms with Crippen molar-refractivity contribution in [3.05, 3.63) is 11.6 Å². The average molecular weight is 718 g/mol. The fourth-order valence-corrected chi connectivity index (χ4v) is 10.7. The molecule has 4 N–H and O–H groups in total. The molecular formula is C39H63N3O9. The van der Waals surface area contributed by atoms with Crippen LogP contribution >= 0.6 is 0 Å². The number of hydrogen-bond acceptors (Lipinski definition) is 8. The quantitative estimate of drug-likeness (QED) is 0.106. The normalized spacial score (nSPS) is 30.6. The maximum absolute atomic E-state index is 12.8. The molecule has 51 heavy (non-hydrogen) atoms. The average Bonchev–Trinajstić information content (AvgIpc) is 3.39. The minimum atomic E-state index is -1.22. The van der Waals surface area contributed by atoms with Crippen LogP contribution in [-0.2, 0) is 28.7 Å². The molecule has 0 radical (unpaired) electrons. The Morgan fingerprint density at radius 1 is 0.843 bits per heavy atom. The highest BCUT2D eigenvalue weighted by Crippen LogP contribution is 2.67. The van der Waals surface area contributed by atoms with Crippen molar-refractivity contribution in [2.75, 3.05) is 45.8 Å². The van der Waals surface area contributed by atoms with E-state index in [1.807, 2.05) is 0 Å². The van der Waals surface area contributed by atoms with Crippen molar-refractivity contribution in [1.82, 2.24) is 15.1 Å². The summed E-state index contributed by atoms with van der Waals surface area (Å²) in [7, 11) is 0. The van der Waals surface area contributed by atoms with Gasteiger partial charge in [0.15, 0.2) is 0 Å². The first-order valence-electron chi connectivity index (χ1n) is 19.3. The summed E-state index contributed by atoms with van der Waals surface area (Å²) in [5.41, 5.74) is 1.98. The molecule has 4 aliphatic carbocycles. The molecule has 0 aromatic carbocycles. The van der Waals surface area contributed by atoms with Gasteiger partial charge in [-0.2, -0.15) is 0 Å². The lowest BCUT2D eigenvalue weighted by molar-refractivity contribution is -0.151. The third-order valence-corrected chi connectivity index (χ3v) is 13.2. The van der Waals surface area contributed by atoms with Crippen LogP contribution in [0.2, 0.25) is 0 Å². The van der Waals surface area contributed by atoms with Gasteiger partial charge in [-0.1, -0.05) is 65.5 Å². The number of nitrogens with zero attached hydrogens (tertiary/aromatic N) is 2. The molecular weight excluding hydrogens is 654 g/mol. The van der Waals surface area contributed by atoms with Gasteiger partial charge in [0, 0.05) is 19.5 Å². The number of nitrogens with one attached hydrogen (secondary N) is 1. The lowest BCUT2D eigenvalue weighted by atomic mass is 9.47. The van der Waals surface area contributed by atoms with Gasteiger partial charge in [-0.05, 0) is 91.3 Å². The molecule has 0 saturated heterocycles. The third-order valence-electron chi connectivity index (χ3n) is 13.2. The summed E-state index contributed by atoms with van der Waals surface area (Å²) < 4.78 is 5.85. The monoisotopic (exact) mass is 717 g/mol. The second kappa shape index (κ2) is 17.7. The number of fused-ring (bicyclic) bond motifs is 5. The molecule has 0 spiro atoms. The number of aliphatic carboxylic acids is 3. The Labute approximate surface area is 303 Å². The highest BCUT2D eigenvalue weighted by molar-refractivity contribution is 5.83. The molecule has 12 nitrogen and oxygen atoms in total. The predicted molar refractivity (Wildman–Crippen MR) is 192 cm³/mol. The van der Waals surface area contributed by atoms with Crippen molar-refractivity contribution in [3.63, 3.8) is 0 Å². The Kier molecular flexibility index (Phi) is 14.1. The van der Waals surface area contributed by atoms with Crippen molar-refractivity contribution >= 4 is 29.8 Å². The molecule has 0 bridgehead atoms. The minimum absolute atomic E-state index is 0.0549. The third kappa shape index (κ3) is 10.6. The lowest BCUT2D eigenvalue weighted by Crippen LogP contribution is -2.51. The molecule has 288 valence electrons. The molecule has 12 heteroatoms. The van der Waals surface area contributed by atoms with E-state index in [9.17, 15) is 29.1 Å². The van der Waals surface area contributed by atoms with Crippen molar-refractivity contribution in [2.24, 2.45) is 46.3 Å². The van der Waals surface area contributed by atoms with E-state index in [-0.39, 0.29) is 37.7 Å². The molecule has 4 aliphatic rings. The lowest BCUT2D eigenvalue weighted by Gasteiger charge is -2.58. The zero-order valence-electron chi connectivity index (χ0n) is 31.5. The number of esters is 1. The molecule has 0 aliphatic heterocycles. The number of amides is 1. The zero-order valence-corrected chi connectivity index (χ0v) is 31.5. The minimum Gasteiger partial charge on any atom is -0.480 e. The number of hydrogen-bond donors (Lipinski definition) is 4. The highest BCUT2D eigenvalue weighted by atomic mass is 16.5. The molecule has 8 atom stereocenters. The molecule has 0 aromatic heterocycles. The van der Waals surface area contributed by atoms with E-state index in [4.69, 9.17) is 14.9 Å². The Balaban J connectivity index is 1.27. The van der Waals surface area contributed by atoms with Crippen LogP contribution in [0.3, 0.4) is 0 Å².